The summed E-state index contributed by atoms with van der Waals surface area (Å²) in [6.45, 7) is 1.89. The number of nitrogens with zero attached hydrogens (tertiary/aromatic N) is 3. The highest BCUT2D eigenvalue weighted by molar-refractivity contribution is 5.74. The van der Waals surface area contributed by atoms with Crippen molar-refractivity contribution in [2.45, 2.75) is 31.8 Å². The zero-order valence-electron chi connectivity index (χ0n) is 8.90. The fraction of sp³-hybridized carbons (Fsp3) is 0.667. The number of carbonyl (C=O) groups is 1. The fourth-order valence-electron chi connectivity index (χ4n) is 1.40. The number of nitrogens with one attached hydrogen (secondary N) is 2. The summed E-state index contributed by atoms with van der Waals surface area (Å²) in [5.74, 6) is 0.751. The molecule has 15 heavy (non-hydrogen) atoms. The summed E-state index contributed by atoms with van der Waals surface area (Å²) in [6, 6.07) is 0.112. The molecule has 0 saturated heterocycles. The van der Waals surface area contributed by atoms with Crippen molar-refractivity contribution < 1.29 is 4.79 Å². The van der Waals surface area contributed by atoms with Crippen LogP contribution >= 0.6 is 0 Å². The first-order chi connectivity index (χ1) is 7.16. The second kappa shape index (κ2) is 3.88. The Balaban J connectivity index is 1.88. The predicted molar refractivity (Wildman–Crippen MR) is 54.1 cm³/mol. The van der Waals surface area contributed by atoms with Gasteiger partial charge in [0, 0.05) is 13.1 Å². The van der Waals surface area contributed by atoms with E-state index in [0.717, 1.165) is 18.7 Å². The van der Waals surface area contributed by atoms with Gasteiger partial charge >= 0.3 is 6.03 Å². The number of rotatable bonds is 3. The number of aryl methyl sites for hydroxylation is 1. The molecule has 0 spiro atoms. The normalized spacial score (nSPS) is 17.2. The van der Waals surface area contributed by atoms with Gasteiger partial charge < -0.3 is 15.2 Å². The van der Waals surface area contributed by atoms with Gasteiger partial charge in [0.25, 0.3) is 0 Å². The maximum atomic E-state index is 11.4. The monoisotopic (exact) mass is 209 g/mol. The van der Waals surface area contributed by atoms with Gasteiger partial charge in [0.2, 0.25) is 0 Å². The molecule has 2 N–H and O–H groups in total. The van der Waals surface area contributed by atoms with E-state index in [4.69, 9.17) is 0 Å². The maximum Gasteiger partial charge on any atom is 0.315 e. The van der Waals surface area contributed by atoms with E-state index in [1.165, 1.54) is 0 Å². The van der Waals surface area contributed by atoms with Crippen LogP contribution in [-0.2, 0) is 7.05 Å². The van der Waals surface area contributed by atoms with Crippen molar-refractivity contribution in [3.63, 3.8) is 0 Å². The topological polar surface area (TPSA) is 71.8 Å². The minimum atomic E-state index is -0.131. The molecular weight excluding hydrogens is 194 g/mol. The van der Waals surface area contributed by atoms with Crippen molar-refractivity contribution in [1.29, 1.82) is 0 Å². The Hall–Kier alpha value is -1.59. The van der Waals surface area contributed by atoms with Crippen molar-refractivity contribution in [2.24, 2.45) is 7.05 Å². The quantitative estimate of drug-likeness (QED) is 0.754. The Morgan fingerprint density at radius 2 is 2.40 bits per heavy atom. The van der Waals surface area contributed by atoms with Crippen molar-refractivity contribution in [3.8, 4) is 0 Å². The molecule has 1 aliphatic rings. The molecule has 1 aliphatic carbocycles. The Bertz CT molecular complexity index is 357. The van der Waals surface area contributed by atoms with Gasteiger partial charge in [-0.05, 0) is 19.8 Å². The van der Waals surface area contributed by atoms with Crippen molar-refractivity contribution >= 4 is 6.03 Å². The molecule has 1 saturated carbocycles. The Morgan fingerprint density at radius 3 is 2.93 bits per heavy atom. The average molecular weight is 209 g/mol. The number of amides is 2. The van der Waals surface area contributed by atoms with E-state index >= 15 is 0 Å². The highest BCUT2D eigenvalue weighted by Crippen LogP contribution is 2.18. The molecule has 6 heteroatoms. The molecule has 1 unspecified atom stereocenters. The summed E-state index contributed by atoms with van der Waals surface area (Å²) in [5, 5.41) is 13.4. The van der Waals surface area contributed by atoms with Crippen LogP contribution in [0.4, 0.5) is 4.79 Å². The van der Waals surface area contributed by atoms with Crippen LogP contribution < -0.4 is 10.6 Å². The molecule has 0 radical (unpaired) electrons. The van der Waals surface area contributed by atoms with Gasteiger partial charge in [0.1, 0.15) is 6.33 Å². The van der Waals surface area contributed by atoms with Crippen molar-refractivity contribution in [1.82, 2.24) is 25.4 Å². The summed E-state index contributed by atoms with van der Waals surface area (Å²) < 4.78 is 1.79. The molecule has 1 aromatic rings. The second-order valence-corrected chi connectivity index (χ2v) is 3.91. The van der Waals surface area contributed by atoms with Gasteiger partial charge in [0.15, 0.2) is 5.82 Å². The first-order valence-corrected chi connectivity index (χ1v) is 5.07. The average Bonchev–Trinajstić information content (AvgIpc) is 2.85. The lowest BCUT2D eigenvalue weighted by molar-refractivity contribution is 0.237. The van der Waals surface area contributed by atoms with Crippen LogP contribution in [-0.4, -0.2) is 26.8 Å². The highest BCUT2D eigenvalue weighted by atomic mass is 16.2. The lowest BCUT2D eigenvalue weighted by atomic mass is 10.3. The number of carbonyl (C=O) groups excluding carboxylic acids is 1. The van der Waals surface area contributed by atoms with Crippen LogP contribution in [0.25, 0.3) is 0 Å². The molecule has 82 valence electrons. The minimum absolute atomic E-state index is 0.128. The van der Waals surface area contributed by atoms with Crippen molar-refractivity contribution in [2.75, 3.05) is 0 Å². The molecule has 1 atom stereocenters. The Morgan fingerprint density at radius 1 is 1.67 bits per heavy atom. The fourth-order valence-corrected chi connectivity index (χ4v) is 1.40. The van der Waals surface area contributed by atoms with E-state index in [-0.39, 0.29) is 12.1 Å². The summed E-state index contributed by atoms with van der Waals surface area (Å²) in [5.41, 5.74) is 0. The Kier molecular flexibility index (Phi) is 2.57. The van der Waals surface area contributed by atoms with Crippen molar-refractivity contribution in [3.05, 3.63) is 12.2 Å². The molecule has 0 aliphatic heterocycles. The maximum absolute atomic E-state index is 11.4. The molecule has 6 nitrogen and oxygen atoms in total. The minimum Gasteiger partial charge on any atom is -0.335 e. The first kappa shape index (κ1) is 9.95. The summed E-state index contributed by atoms with van der Waals surface area (Å²) >= 11 is 0. The molecule has 1 aromatic heterocycles. The van der Waals surface area contributed by atoms with Gasteiger partial charge in [-0.1, -0.05) is 0 Å². The van der Waals surface area contributed by atoms with E-state index in [1.54, 1.807) is 10.9 Å². The number of aromatic nitrogens is 3. The van der Waals surface area contributed by atoms with Crippen LogP contribution in [0.3, 0.4) is 0 Å². The number of hydrogen-bond donors (Lipinski definition) is 2. The van der Waals surface area contributed by atoms with E-state index < -0.39 is 0 Å². The van der Waals surface area contributed by atoms with E-state index in [0.29, 0.717) is 6.04 Å². The van der Waals surface area contributed by atoms with Gasteiger partial charge in [-0.3, -0.25) is 0 Å². The SMILES string of the molecule is CC(NC(=O)NC1CC1)c1nncn1C. The van der Waals surface area contributed by atoms with Crippen LogP contribution in [0.1, 0.15) is 31.6 Å². The van der Waals surface area contributed by atoms with Crippen LogP contribution in [0.15, 0.2) is 6.33 Å². The summed E-state index contributed by atoms with van der Waals surface area (Å²) in [7, 11) is 1.85. The lowest BCUT2D eigenvalue weighted by Gasteiger charge is -2.13. The zero-order chi connectivity index (χ0) is 10.8. The largest absolute Gasteiger partial charge is 0.335 e. The predicted octanol–water partition coefficient (Wildman–Crippen LogP) is 0.338. The van der Waals surface area contributed by atoms with E-state index in [9.17, 15) is 4.79 Å². The van der Waals surface area contributed by atoms with Crippen LogP contribution in [0.5, 0.6) is 0 Å². The smallest absolute Gasteiger partial charge is 0.315 e. The molecule has 1 fully saturated rings. The van der Waals surface area contributed by atoms with Gasteiger partial charge in [-0.2, -0.15) is 0 Å². The zero-order valence-corrected chi connectivity index (χ0v) is 8.90. The van der Waals surface area contributed by atoms with Gasteiger partial charge in [-0.15, -0.1) is 10.2 Å². The molecule has 0 aromatic carbocycles. The molecule has 0 bridgehead atoms. The number of hydrogen-bond acceptors (Lipinski definition) is 3. The van der Waals surface area contributed by atoms with Crippen LogP contribution in [0.2, 0.25) is 0 Å². The lowest BCUT2D eigenvalue weighted by Crippen LogP contribution is -2.38. The molecule has 2 amide bonds. The van der Waals surface area contributed by atoms with Gasteiger partial charge in [0.05, 0.1) is 6.04 Å². The van der Waals surface area contributed by atoms with Gasteiger partial charge in [-0.25, -0.2) is 4.79 Å². The molecule has 2 rings (SSSR count). The van der Waals surface area contributed by atoms with E-state index in [2.05, 4.69) is 20.8 Å². The summed E-state index contributed by atoms with van der Waals surface area (Å²) in [4.78, 5) is 11.4. The number of urea groups is 1. The third kappa shape index (κ3) is 2.45. The van der Waals surface area contributed by atoms with E-state index in [1.807, 2.05) is 14.0 Å². The summed E-state index contributed by atoms with van der Waals surface area (Å²) in [6.07, 6.45) is 3.80. The molecular formula is C9H15N5O. The second-order valence-electron chi connectivity index (χ2n) is 3.91. The Labute approximate surface area is 88.1 Å². The third-order valence-electron chi connectivity index (χ3n) is 2.39. The van der Waals surface area contributed by atoms with Crippen LogP contribution in [0, 0.1) is 0 Å². The first-order valence-electron chi connectivity index (χ1n) is 5.07. The standard InChI is InChI=1S/C9H15N5O/c1-6(8-13-10-5-14(8)2)11-9(15)12-7-3-4-7/h5-7H,3-4H2,1-2H3,(H2,11,12,15). The molecule has 1 heterocycles. The third-order valence-corrected chi connectivity index (χ3v) is 2.39. The highest BCUT2D eigenvalue weighted by Gasteiger charge is 2.24.